The van der Waals surface area contributed by atoms with Gasteiger partial charge in [-0.25, -0.2) is 9.37 Å². The van der Waals surface area contributed by atoms with E-state index in [-0.39, 0.29) is 18.2 Å². The number of aldehydes is 1. The summed E-state index contributed by atoms with van der Waals surface area (Å²) in [5, 5.41) is 10.5. The summed E-state index contributed by atoms with van der Waals surface area (Å²) in [6, 6.07) is 11.6. The molecule has 2 aromatic heterocycles. The SMILES string of the molecule is CC[C@@H]1CN(CCCO)c2cccc3cc(-c4nc5cc(C=O)cc(F)c5n4CC)n1c23. The standard InChI is InChI=1S/C25H27FN4O2/c1-3-18-14-28(9-6-10-31)21-8-5-7-17-13-22(30(18)23(17)21)25-27-20-12-16(15-32)11-19(26)24(20)29(25)4-2/h5,7-8,11-13,15,18,31H,3-4,6,9-10,14H2,1-2H3/t18-/m1/s1. The molecule has 0 bridgehead atoms. The van der Waals surface area contributed by atoms with Crippen LogP contribution in [0.15, 0.2) is 36.4 Å². The van der Waals surface area contributed by atoms with Crippen LogP contribution < -0.4 is 4.90 Å². The maximum absolute atomic E-state index is 14.9. The Morgan fingerprint density at radius 2 is 2.06 bits per heavy atom. The van der Waals surface area contributed by atoms with Crippen molar-refractivity contribution in [3.8, 4) is 11.5 Å². The van der Waals surface area contributed by atoms with E-state index in [4.69, 9.17) is 4.98 Å². The van der Waals surface area contributed by atoms with E-state index in [1.807, 2.05) is 11.5 Å². The van der Waals surface area contributed by atoms with Crippen LogP contribution in [0, 0.1) is 5.82 Å². The molecule has 0 aliphatic carbocycles. The number of imidazole rings is 1. The summed E-state index contributed by atoms with van der Waals surface area (Å²) in [7, 11) is 0. The van der Waals surface area contributed by atoms with E-state index >= 15 is 0 Å². The van der Waals surface area contributed by atoms with E-state index in [9.17, 15) is 14.3 Å². The molecular weight excluding hydrogens is 407 g/mol. The van der Waals surface area contributed by atoms with Gasteiger partial charge in [-0.05, 0) is 44.0 Å². The molecule has 3 heterocycles. The fourth-order valence-corrected chi connectivity index (χ4v) is 5.10. The van der Waals surface area contributed by atoms with Gasteiger partial charge < -0.3 is 19.1 Å². The molecular formula is C25H27FN4O2. The van der Waals surface area contributed by atoms with Crippen LogP contribution in [0.2, 0.25) is 0 Å². The van der Waals surface area contributed by atoms with Crippen LogP contribution in [-0.4, -0.2) is 45.2 Å². The van der Waals surface area contributed by atoms with Gasteiger partial charge in [0.1, 0.15) is 17.6 Å². The Morgan fingerprint density at radius 1 is 1.22 bits per heavy atom. The zero-order chi connectivity index (χ0) is 22.4. The first-order chi connectivity index (χ1) is 15.6. The van der Waals surface area contributed by atoms with Gasteiger partial charge in [0.05, 0.1) is 28.5 Å². The van der Waals surface area contributed by atoms with Crippen molar-refractivity contribution in [2.75, 3.05) is 24.6 Å². The van der Waals surface area contributed by atoms with Gasteiger partial charge in [-0.1, -0.05) is 19.1 Å². The quantitative estimate of drug-likeness (QED) is 0.425. The highest BCUT2D eigenvalue weighted by Crippen LogP contribution is 2.42. The molecule has 4 aromatic rings. The van der Waals surface area contributed by atoms with Gasteiger partial charge in [-0.3, -0.25) is 4.79 Å². The number of hydrogen-bond acceptors (Lipinski definition) is 4. The van der Waals surface area contributed by atoms with Crippen LogP contribution >= 0.6 is 0 Å². The third kappa shape index (κ3) is 3.03. The molecule has 1 N–H and O–H groups in total. The molecule has 7 heteroatoms. The number of aliphatic hydroxyl groups is 1. The zero-order valence-corrected chi connectivity index (χ0v) is 18.4. The van der Waals surface area contributed by atoms with Crippen LogP contribution in [0.5, 0.6) is 0 Å². The number of aliphatic hydroxyl groups excluding tert-OH is 1. The summed E-state index contributed by atoms with van der Waals surface area (Å²) < 4.78 is 19.2. The van der Waals surface area contributed by atoms with Crippen LogP contribution in [0.3, 0.4) is 0 Å². The zero-order valence-electron chi connectivity index (χ0n) is 18.4. The lowest BCUT2D eigenvalue weighted by Crippen LogP contribution is -2.36. The minimum atomic E-state index is -0.428. The summed E-state index contributed by atoms with van der Waals surface area (Å²) in [5.41, 5.74) is 4.49. The van der Waals surface area contributed by atoms with E-state index in [2.05, 4.69) is 40.7 Å². The molecule has 166 valence electrons. The summed E-state index contributed by atoms with van der Waals surface area (Å²) in [5.74, 6) is 0.289. The summed E-state index contributed by atoms with van der Waals surface area (Å²) in [4.78, 5) is 18.4. The molecule has 0 unspecified atom stereocenters. The number of fused-ring (bicyclic) bond motifs is 1. The third-order valence-electron chi connectivity index (χ3n) is 6.53. The van der Waals surface area contributed by atoms with Crippen LogP contribution in [0.25, 0.3) is 33.5 Å². The average Bonchev–Trinajstić information content (AvgIpc) is 3.38. The predicted molar refractivity (Wildman–Crippen MR) is 125 cm³/mol. The molecule has 0 spiro atoms. The number of para-hydroxylation sites is 1. The van der Waals surface area contributed by atoms with Crippen molar-refractivity contribution in [3.63, 3.8) is 0 Å². The number of aromatic nitrogens is 3. The number of halogens is 1. The lowest BCUT2D eigenvalue weighted by molar-refractivity contribution is 0.112. The average molecular weight is 435 g/mol. The topological polar surface area (TPSA) is 63.3 Å². The normalized spacial score (nSPS) is 15.8. The van der Waals surface area contributed by atoms with Gasteiger partial charge in [-0.2, -0.15) is 0 Å². The highest BCUT2D eigenvalue weighted by molar-refractivity contribution is 5.97. The van der Waals surface area contributed by atoms with Crippen molar-refractivity contribution in [2.24, 2.45) is 0 Å². The first-order valence-electron chi connectivity index (χ1n) is 11.3. The van der Waals surface area contributed by atoms with Crippen molar-refractivity contribution in [3.05, 3.63) is 47.8 Å². The Balaban J connectivity index is 1.78. The molecule has 5 rings (SSSR count). The molecule has 32 heavy (non-hydrogen) atoms. The molecule has 0 fully saturated rings. The van der Waals surface area contributed by atoms with Gasteiger partial charge in [0.25, 0.3) is 0 Å². The molecule has 1 aliphatic rings. The van der Waals surface area contributed by atoms with Crippen molar-refractivity contribution in [1.29, 1.82) is 0 Å². The van der Waals surface area contributed by atoms with E-state index in [1.165, 1.54) is 6.07 Å². The fraction of sp³-hybridized carbons (Fsp3) is 0.360. The highest BCUT2D eigenvalue weighted by atomic mass is 19.1. The van der Waals surface area contributed by atoms with Gasteiger partial charge in [0.2, 0.25) is 0 Å². The second-order valence-corrected chi connectivity index (χ2v) is 8.37. The molecule has 6 nitrogen and oxygen atoms in total. The van der Waals surface area contributed by atoms with Crippen LogP contribution in [-0.2, 0) is 6.54 Å². The van der Waals surface area contributed by atoms with Gasteiger partial charge >= 0.3 is 0 Å². The smallest absolute Gasteiger partial charge is 0.157 e. The number of rotatable bonds is 7. The second kappa shape index (κ2) is 8.06. The van der Waals surface area contributed by atoms with Crippen LogP contribution in [0.1, 0.15) is 43.1 Å². The summed E-state index contributed by atoms with van der Waals surface area (Å²) >= 11 is 0. The Kier molecular flexibility index (Phi) is 5.21. The molecule has 0 saturated carbocycles. The minimum absolute atomic E-state index is 0.171. The number of carbonyl (C=O) groups excluding carboxylic acids is 1. The van der Waals surface area contributed by atoms with Gasteiger partial charge in [0.15, 0.2) is 5.82 Å². The first-order valence-corrected chi connectivity index (χ1v) is 11.3. The molecule has 0 radical (unpaired) electrons. The maximum Gasteiger partial charge on any atom is 0.157 e. The summed E-state index contributed by atoms with van der Waals surface area (Å²) in [6.45, 7) is 6.55. The van der Waals surface area contributed by atoms with Crippen LogP contribution in [0.4, 0.5) is 10.1 Å². The minimum Gasteiger partial charge on any atom is -0.396 e. The molecule has 1 aliphatic heterocycles. The maximum atomic E-state index is 14.9. The number of benzene rings is 2. The number of hydrogen-bond donors (Lipinski definition) is 1. The van der Waals surface area contributed by atoms with Crippen molar-refractivity contribution in [1.82, 2.24) is 14.1 Å². The fourth-order valence-electron chi connectivity index (χ4n) is 5.10. The van der Waals surface area contributed by atoms with Gasteiger partial charge in [-0.15, -0.1) is 0 Å². The van der Waals surface area contributed by atoms with Crippen molar-refractivity contribution >= 4 is 33.9 Å². The Bertz CT molecular complexity index is 1320. The Labute approximate surface area is 185 Å². The van der Waals surface area contributed by atoms with Gasteiger partial charge in [0, 0.05) is 37.2 Å². The van der Waals surface area contributed by atoms with Crippen molar-refractivity contribution < 1.29 is 14.3 Å². The lowest BCUT2D eigenvalue weighted by atomic mass is 10.1. The third-order valence-corrected chi connectivity index (χ3v) is 6.53. The number of aryl methyl sites for hydroxylation is 1. The molecule has 0 amide bonds. The second-order valence-electron chi connectivity index (χ2n) is 8.37. The number of nitrogens with zero attached hydrogens (tertiary/aromatic N) is 4. The lowest BCUT2D eigenvalue weighted by Gasteiger charge is -2.36. The molecule has 0 saturated heterocycles. The van der Waals surface area contributed by atoms with E-state index in [0.29, 0.717) is 29.7 Å². The number of carbonyl (C=O) groups is 1. The first kappa shape index (κ1) is 20.7. The summed E-state index contributed by atoms with van der Waals surface area (Å²) in [6.07, 6.45) is 2.32. The van der Waals surface area contributed by atoms with Crippen molar-refractivity contribution in [2.45, 2.75) is 39.3 Å². The Morgan fingerprint density at radius 3 is 2.78 bits per heavy atom. The van der Waals surface area contributed by atoms with E-state index in [0.717, 1.165) is 48.2 Å². The largest absolute Gasteiger partial charge is 0.396 e. The highest BCUT2D eigenvalue weighted by Gasteiger charge is 2.30. The predicted octanol–water partition coefficient (Wildman–Crippen LogP) is 4.78. The van der Waals surface area contributed by atoms with E-state index < -0.39 is 5.82 Å². The molecule has 1 atom stereocenters. The molecule has 2 aromatic carbocycles. The monoisotopic (exact) mass is 434 g/mol. The number of anilines is 1. The Hall–Kier alpha value is -3.19. The van der Waals surface area contributed by atoms with E-state index in [1.54, 1.807) is 6.07 Å².